The van der Waals surface area contributed by atoms with Crippen LogP contribution in [0.5, 0.6) is 0 Å². The largest absolute Gasteiger partial charge is 0.348 e. The summed E-state index contributed by atoms with van der Waals surface area (Å²) in [6.45, 7) is 9.01. The molecule has 1 aromatic rings. The van der Waals surface area contributed by atoms with Crippen molar-refractivity contribution < 1.29 is 0 Å². The highest BCUT2D eigenvalue weighted by Crippen LogP contribution is 2.33. The topological polar surface area (TPSA) is 42.1 Å². The first-order valence-corrected chi connectivity index (χ1v) is 7.26. The number of nitrogens with zero attached hydrogens (tertiary/aromatic N) is 2. The molecule has 3 nitrogen and oxygen atoms in total. The van der Waals surface area contributed by atoms with Gasteiger partial charge < -0.3 is 10.6 Å². The van der Waals surface area contributed by atoms with Crippen LogP contribution in [0, 0.1) is 5.41 Å². The van der Waals surface area contributed by atoms with Gasteiger partial charge in [0.2, 0.25) is 0 Å². The molecule has 1 atom stereocenters. The molecule has 1 unspecified atom stereocenters. The first kappa shape index (κ1) is 12.8. The molecule has 1 aliphatic heterocycles. The third-order valence-electron chi connectivity index (χ3n) is 3.57. The third kappa shape index (κ3) is 3.19. The predicted octanol–water partition coefficient (Wildman–Crippen LogP) is 3.18. The second-order valence-electron chi connectivity index (χ2n) is 5.84. The minimum atomic E-state index is 0.102. The van der Waals surface area contributed by atoms with Gasteiger partial charge in [-0.2, -0.15) is 0 Å². The lowest BCUT2D eigenvalue weighted by Crippen LogP contribution is -2.24. The highest BCUT2D eigenvalue weighted by Gasteiger charge is 2.24. The van der Waals surface area contributed by atoms with Crippen LogP contribution < -0.4 is 10.6 Å². The minimum Gasteiger partial charge on any atom is -0.348 e. The summed E-state index contributed by atoms with van der Waals surface area (Å²) in [5.41, 5.74) is 6.36. The van der Waals surface area contributed by atoms with Crippen molar-refractivity contribution in [3.63, 3.8) is 0 Å². The highest BCUT2D eigenvalue weighted by molar-refractivity contribution is 7.15. The first-order chi connectivity index (χ1) is 7.98. The molecule has 1 aromatic heterocycles. The summed E-state index contributed by atoms with van der Waals surface area (Å²) in [6, 6.07) is 0.102. The summed E-state index contributed by atoms with van der Waals surface area (Å²) in [4.78, 5) is 8.12. The van der Waals surface area contributed by atoms with Crippen LogP contribution in [-0.2, 0) is 0 Å². The zero-order valence-electron chi connectivity index (χ0n) is 11.1. The molecule has 0 radical (unpaired) electrons. The molecule has 0 amide bonds. The maximum Gasteiger partial charge on any atom is 0.185 e. The van der Waals surface area contributed by atoms with Crippen LogP contribution in [-0.4, -0.2) is 18.1 Å². The van der Waals surface area contributed by atoms with Crippen molar-refractivity contribution in [3.8, 4) is 0 Å². The standard InChI is InChI=1S/C13H23N3S/c1-10(14)11-9-15-12(17-11)16-7-4-5-13(2,3)6-8-16/h9-10H,4-8,14H2,1-3H3. The third-order valence-corrected chi connectivity index (χ3v) is 4.83. The van der Waals surface area contributed by atoms with Gasteiger partial charge in [0.25, 0.3) is 0 Å². The molecule has 4 heteroatoms. The quantitative estimate of drug-likeness (QED) is 0.880. The van der Waals surface area contributed by atoms with Crippen molar-refractivity contribution in [2.75, 3.05) is 18.0 Å². The Labute approximate surface area is 108 Å². The van der Waals surface area contributed by atoms with Gasteiger partial charge in [0, 0.05) is 30.2 Å². The molecule has 1 saturated heterocycles. The Kier molecular flexibility index (Phi) is 3.73. The molecule has 96 valence electrons. The van der Waals surface area contributed by atoms with Crippen molar-refractivity contribution in [2.45, 2.75) is 46.1 Å². The Morgan fingerprint density at radius 1 is 1.41 bits per heavy atom. The molecule has 2 rings (SSSR count). The fourth-order valence-corrected chi connectivity index (χ4v) is 3.17. The fourth-order valence-electron chi connectivity index (χ4n) is 2.25. The van der Waals surface area contributed by atoms with E-state index in [-0.39, 0.29) is 6.04 Å². The molecule has 2 N–H and O–H groups in total. The molecule has 17 heavy (non-hydrogen) atoms. The Balaban J connectivity index is 2.06. The van der Waals surface area contributed by atoms with Gasteiger partial charge in [0.1, 0.15) is 0 Å². The lowest BCUT2D eigenvalue weighted by molar-refractivity contribution is 0.325. The summed E-state index contributed by atoms with van der Waals surface area (Å²) >= 11 is 1.75. The minimum absolute atomic E-state index is 0.102. The number of anilines is 1. The van der Waals surface area contributed by atoms with Gasteiger partial charge in [0.15, 0.2) is 5.13 Å². The number of thiazole rings is 1. The van der Waals surface area contributed by atoms with Crippen molar-refractivity contribution in [2.24, 2.45) is 11.1 Å². The smallest absolute Gasteiger partial charge is 0.185 e. The first-order valence-electron chi connectivity index (χ1n) is 6.44. The molecule has 1 aliphatic rings. The maximum absolute atomic E-state index is 5.88. The van der Waals surface area contributed by atoms with E-state index in [1.807, 2.05) is 13.1 Å². The summed E-state index contributed by atoms with van der Waals surface area (Å²) in [5, 5.41) is 1.15. The van der Waals surface area contributed by atoms with Crippen LogP contribution in [0.3, 0.4) is 0 Å². The van der Waals surface area contributed by atoms with Gasteiger partial charge in [-0.05, 0) is 31.6 Å². The summed E-state index contributed by atoms with van der Waals surface area (Å²) in [7, 11) is 0. The number of aromatic nitrogens is 1. The zero-order valence-corrected chi connectivity index (χ0v) is 11.9. The van der Waals surface area contributed by atoms with E-state index in [0.717, 1.165) is 18.2 Å². The number of hydrogen-bond donors (Lipinski definition) is 1. The summed E-state index contributed by atoms with van der Waals surface area (Å²) < 4.78 is 0. The SMILES string of the molecule is CC(N)c1cnc(N2CCCC(C)(C)CC2)s1. The lowest BCUT2D eigenvalue weighted by atomic mass is 9.85. The van der Waals surface area contributed by atoms with Crippen LogP contribution in [0.1, 0.15) is 51.0 Å². The van der Waals surface area contributed by atoms with Crippen molar-refractivity contribution in [3.05, 3.63) is 11.1 Å². The number of hydrogen-bond acceptors (Lipinski definition) is 4. The van der Waals surface area contributed by atoms with E-state index in [9.17, 15) is 0 Å². The second-order valence-corrected chi connectivity index (χ2v) is 6.88. The maximum atomic E-state index is 5.88. The molecule has 2 heterocycles. The van der Waals surface area contributed by atoms with Crippen LogP contribution in [0.2, 0.25) is 0 Å². The Bertz CT molecular complexity index is 370. The van der Waals surface area contributed by atoms with Crippen LogP contribution in [0.25, 0.3) is 0 Å². The van der Waals surface area contributed by atoms with E-state index >= 15 is 0 Å². The van der Waals surface area contributed by atoms with Crippen LogP contribution >= 0.6 is 11.3 Å². The molecule has 1 fully saturated rings. The summed E-state index contributed by atoms with van der Waals surface area (Å²) in [6.07, 6.45) is 5.76. The average molecular weight is 253 g/mol. The van der Waals surface area contributed by atoms with Crippen molar-refractivity contribution >= 4 is 16.5 Å². The van der Waals surface area contributed by atoms with Crippen LogP contribution in [0.15, 0.2) is 6.20 Å². The van der Waals surface area contributed by atoms with E-state index < -0.39 is 0 Å². The lowest BCUT2D eigenvalue weighted by Gasteiger charge is -2.22. The van der Waals surface area contributed by atoms with Gasteiger partial charge in [-0.3, -0.25) is 0 Å². The van der Waals surface area contributed by atoms with Gasteiger partial charge in [-0.25, -0.2) is 4.98 Å². The Hall–Kier alpha value is -0.610. The number of rotatable bonds is 2. The van der Waals surface area contributed by atoms with Crippen molar-refractivity contribution in [1.29, 1.82) is 0 Å². The molecular weight excluding hydrogens is 230 g/mol. The van der Waals surface area contributed by atoms with E-state index in [1.165, 1.54) is 24.1 Å². The molecule has 0 bridgehead atoms. The van der Waals surface area contributed by atoms with Crippen molar-refractivity contribution in [1.82, 2.24) is 4.98 Å². The van der Waals surface area contributed by atoms with E-state index in [1.54, 1.807) is 11.3 Å². The fraction of sp³-hybridized carbons (Fsp3) is 0.769. The predicted molar refractivity (Wildman–Crippen MR) is 74.6 cm³/mol. The van der Waals surface area contributed by atoms with Gasteiger partial charge in [0.05, 0.1) is 0 Å². The molecule has 0 aromatic carbocycles. The van der Waals surface area contributed by atoms with E-state index in [0.29, 0.717) is 5.41 Å². The monoisotopic (exact) mass is 253 g/mol. The summed E-state index contributed by atoms with van der Waals surface area (Å²) in [5.74, 6) is 0. The van der Waals surface area contributed by atoms with E-state index in [4.69, 9.17) is 5.73 Å². The molecule has 0 saturated carbocycles. The molecular formula is C13H23N3S. The Morgan fingerprint density at radius 2 is 2.18 bits per heavy atom. The molecule has 0 aliphatic carbocycles. The zero-order chi connectivity index (χ0) is 12.5. The van der Waals surface area contributed by atoms with Gasteiger partial charge in [-0.15, -0.1) is 11.3 Å². The number of nitrogens with two attached hydrogens (primary N) is 1. The van der Waals surface area contributed by atoms with Crippen LogP contribution in [0.4, 0.5) is 5.13 Å². The highest BCUT2D eigenvalue weighted by atomic mass is 32.1. The Morgan fingerprint density at radius 3 is 2.82 bits per heavy atom. The second kappa shape index (κ2) is 4.94. The van der Waals surface area contributed by atoms with E-state index in [2.05, 4.69) is 23.7 Å². The normalized spacial score (nSPS) is 22.2. The van der Waals surface area contributed by atoms with Gasteiger partial charge in [-0.1, -0.05) is 13.8 Å². The molecule has 0 spiro atoms. The average Bonchev–Trinajstić information content (AvgIpc) is 2.65. The van der Waals surface area contributed by atoms with Gasteiger partial charge >= 0.3 is 0 Å².